The van der Waals surface area contributed by atoms with Gasteiger partial charge in [0.1, 0.15) is 6.26 Å². The zero-order valence-electron chi connectivity index (χ0n) is 14.1. The molecule has 0 unspecified atom stereocenters. The van der Waals surface area contributed by atoms with Crippen molar-refractivity contribution in [1.82, 2.24) is 15.1 Å². The number of hydrogen-bond donors (Lipinski definition) is 0. The van der Waals surface area contributed by atoms with Crippen molar-refractivity contribution in [3.8, 4) is 21.5 Å². The zero-order chi connectivity index (χ0) is 18.7. The minimum absolute atomic E-state index is 0.0188. The summed E-state index contributed by atoms with van der Waals surface area (Å²) >= 11 is 3.02. The van der Waals surface area contributed by atoms with E-state index in [0.29, 0.717) is 36.1 Å². The molecule has 4 aromatic rings. The molecular formula is C17H15N3O4S3. The highest BCUT2D eigenvalue weighted by Crippen LogP contribution is 2.24. The standard InChI is InChI=1S/C17H15N3O4S3/c21-27(22,11-12-10-23-17(18-12)14-5-2-8-26-14)9-3-6-15-19-16(20-24-15)13-4-1-7-25-13/h1-2,4-5,7-8,10H,3,6,9,11H2. The molecule has 0 aromatic carbocycles. The van der Waals surface area contributed by atoms with Gasteiger partial charge in [0.25, 0.3) is 0 Å². The first kappa shape index (κ1) is 18.1. The lowest BCUT2D eigenvalue weighted by Gasteiger charge is -2.00. The smallest absolute Gasteiger partial charge is 0.236 e. The fourth-order valence-corrected chi connectivity index (χ4v) is 5.11. The summed E-state index contributed by atoms with van der Waals surface area (Å²) in [6.45, 7) is 0. The Morgan fingerprint density at radius 1 is 1.04 bits per heavy atom. The summed E-state index contributed by atoms with van der Waals surface area (Å²) in [5.41, 5.74) is 0.413. The fraction of sp³-hybridized carbons (Fsp3) is 0.235. The molecule has 0 radical (unpaired) electrons. The molecule has 0 spiro atoms. The number of rotatable bonds is 8. The first-order valence-corrected chi connectivity index (χ1v) is 11.7. The minimum atomic E-state index is -3.30. The number of thiophene rings is 2. The van der Waals surface area contributed by atoms with E-state index in [1.54, 1.807) is 0 Å². The minimum Gasteiger partial charge on any atom is -0.444 e. The van der Waals surface area contributed by atoms with Crippen LogP contribution in [0.2, 0.25) is 0 Å². The SMILES string of the molecule is O=S(=O)(CCCc1nc(-c2cccs2)no1)Cc1coc(-c2cccs2)n1. The molecule has 0 bridgehead atoms. The van der Waals surface area contributed by atoms with Crippen molar-refractivity contribution >= 4 is 32.5 Å². The Morgan fingerprint density at radius 3 is 2.56 bits per heavy atom. The number of aromatic nitrogens is 3. The lowest BCUT2D eigenvalue weighted by molar-refractivity contribution is 0.378. The van der Waals surface area contributed by atoms with Gasteiger partial charge in [-0.05, 0) is 29.3 Å². The van der Waals surface area contributed by atoms with Gasteiger partial charge in [0.15, 0.2) is 9.84 Å². The van der Waals surface area contributed by atoms with Crippen LogP contribution in [0.3, 0.4) is 0 Å². The highest BCUT2D eigenvalue weighted by atomic mass is 32.2. The maximum Gasteiger partial charge on any atom is 0.236 e. The maximum absolute atomic E-state index is 12.3. The molecule has 7 nitrogen and oxygen atoms in total. The summed E-state index contributed by atoms with van der Waals surface area (Å²) in [6, 6.07) is 7.59. The highest BCUT2D eigenvalue weighted by molar-refractivity contribution is 7.90. The van der Waals surface area contributed by atoms with Crippen molar-refractivity contribution < 1.29 is 17.4 Å². The Bertz CT molecular complexity index is 1100. The van der Waals surface area contributed by atoms with Crippen LogP contribution in [0.15, 0.2) is 50.2 Å². The molecule has 0 saturated carbocycles. The lowest BCUT2D eigenvalue weighted by atomic mass is 10.3. The summed E-state index contributed by atoms with van der Waals surface area (Å²) in [5.74, 6) is 1.29. The van der Waals surface area contributed by atoms with Gasteiger partial charge in [-0.1, -0.05) is 17.3 Å². The van der Waals surface area contributed by atoms with Gasteiger partial charge in [-0.15, -0.1) is 22.7 Å². The number of hydrogen-bond acceptors (Lipinski definition) is 9. The van der Waals surface area contributed by atoms with Crippen LogP contribution in [0.4, 0.5) is 0 Å². The van der Waals surface area contributed by atoms with Gasteiger partial charge in [-0.2, -0.15) is 4.98 Å². The summed E-state index contributed by atoms with van der Waals surface area (Å²) < 4.78 is 35.2. The molecule has 10 heteroatoms. The summed E-state index contributed by atoms with van der Waals surface area (Å²) in [6.07, 6.45) is 2.22. The highest BCUT2D eigenvalue weighted by Gasteiger charge is 2.17. The number of aryl methyl sites for hydroxylation is 1. The Kier molecular flexibility index (Phi) is 5.19. The predicted octanol–water partition coefficient (Wildman–Crippen LogP) is 4.06. The first-order valence-electron chi connectivity index (χ1n) is 8.14. The van der Waals surface area contributed by atoms with E-state index in [4.69, 9.17) is 8.94 Å². The number of oxazole rings is 1. The van der Waals surface area contributed by atoms with Crippen LogP contribution in [0.1, 0.15) is 18.0 Å². The van der Waals surface area contributed by atoms with Crippen molar-refractivity contribution in [3.05, 3.63) is 52.9 Å². The average Bonchev–Trinajstić information content (AvgIpc) is 3.40. The Morgan fingerprint density at radius 2 is 1.81 bits per heavy atom. The van der Waals surface area contributed by atoms with E-state index in [0.717, 1.165) is 9.75 Å². The van der Waals surface area contributed by atoms with Crippen LogP contribution < -0.4 is 0 Å². The van der Waals surface area contributed by atoms with E-state index in [1.807, 2.05) is 35.0 Å². The Balaban J connectivity index is 1.31. The molecule has 140 valence electrons. The van der Waals surface area contributed by atoms with Crippen LogP contribution in [0, 0.1) is 0 Å². The van der Waals surface area contributed by atoms with Gasteiger partial charge in [0.2, 0.25) is 17.6 Å². The third-order valence-electron chi connectivity index (χ3n) is 3.71. The number of nitrogens with zero attached hydrogens (tertiary/aromatic N) is 3. The molecule has 0 aliphatic heterocycles. The van der Waals surface area contributed by atoms with E-state index in [-0.39, 0.29) is 11.5 Å². The van der Waals surface area contributed by atoms with Gasteiger partial charge in [-0.3, -0.25) is 0 Å². The molecule has 0 N–H and O–H groups in total. The normalized spacial score (nSPS) is 11.9. The second-order valence-electron chi connectivity index (χ2n) is 5.81. The Hall–Kier alpha value is -2.30. The van der Waals surface area contributed by atoms with Crippen LogP contribution in [-0.4, -0.2) is 29.3 Å². The van der Waals surface area contributed by atoms with Crippen molar-refractivity contribution in [2.75, 3.05) is 5.75 Å². The van der Waals surface area contributed by atoms with E-state index in [2.05, 4.69) is 15.1 Å². The monoisotopic (exact) mass is 421 g/mol. The molecule has 0 atom stereocenters. The van der Waals surface area contributed by atoms with Gasteiger partial charge >= 0.3 is 0 Å². The maximum atomic E-state index is 12.3. The zero-order valence-corrected chi connectivity index (χ0v) is 16.5. The van der Waals surface area contributed by atoms with Gasteiger partial charge < -0.3 is 8.94 Å². The molecular weight excluding hydrogens is 406 g/mol. The molecule has 0 fully saturated rings. The molecule has 4 rings (SSSR count). The molecule has 4 heterocycles. The topological polar surface area (TPSA) is 99.1 Å². The van der Waals surface area contributed by atoms with Crippen molar-refractivity contribution in [2.24, 2.45) is 0 Å². The van der Waals surface area contributed by atoms with Gasteiger partial charge in [-0.25, -0.2) is 13.4 Å². The number of sulfone groups is 1. The quantitative estimate of drug-likeness (QED) is 0.423. The van der Waals surface area contributed by atoms with E-state index >= 15 is 0 Å². The van der Waals surface area contributed by atoms with E-state index in [1.165, 1.54) is 28.9 Å². The van der Waals surface area contributed by atoms with Gasteiger partial charge in [0.05, 0.1) is 27.0 Å². The molecule has 27 heavy (non-hydrogen) atoms. The van der Waals surface area contributed by atoms with E-state index < -0.39 is 9.84 Å². The molecule has 0 aliphatic carbocycles. The van der Waals surface area contributed by atoms with E-state index in [9.17, 15) is 8.42 Å². The Labute approximate surface area is 163 Å². The summed E-state index contributed by atoms with van der Waals surface area (Å²) in [4.78, 5) is 10.4. The van der Waals surface area contributed by atoms with Crippen molar-refractivity contribution in [2.45, 2.75) is 18.6 Å². The predicted molar refractivity (Wildman–Crippen MR) is 103 cm³/mol. The van der Waals surface area contributed by atoms with Crippen LogP contribution in [0.25, 0.3) is 21.5 Å². The second-order valence-corrected chi connectivity index (χ2v) is 9.89. The summed E-state index contributed by atoms with van der Waals surface area (Å²) in [5, 5.41) is 7.77. The fourth-order valence-electron chi connectivity index (χ4n) is 2.49. The third kappa shape index (κ3) is 4.52. The average molecular weight is 422 g/mol. The largest absolute Gasteiger partial charge is 0.444 e. The molecule has 0 amide bonds. The second kappa shape index (κ2) is 7.75. The summed E-state index contributed by atoms with van der Waals surface area (Å²) in [7, 11) is -3.30. The lowest BCUT2D eigenvalue weighted by Crippen LogP contribution is -2.10. The third-order valence-corrected chi connectivity index (χ3v) is 7.08. The van der Waals surface area contributed by atoms with Crippen LogP contribution in [-0.2, 0) is 22.0 Å². The van der Waals surface area contributed by atoms with Crippen molar-refractivity contribution in [1.29, 1.82) is 0 Å². The van der Waals surface area contributed by atoms with Crippen molar-refractivity contribution in [3.63, 3.8) is 0 Å². The molecule has 0 aliphatic rings. The molecule has 0 saturated heterocycles. The van der Waals surface area contributed by atoms with Gasteiger partial charge in [0, 0.05) is 6.42 Å². The van der Waals surface area contributed by atoms with Crippen LogP contribution >= 0.6 is 22.7 Å². The molecule has 4 aromatic heterocycles. The van der Waals surface area contributed by atoms with Crippen LogP contribution in [0.5, 0.6) is 0 Å². The first-order chi connectivity index (χ1) is 13.1.